The van der Waals surface area contributed by atoms with Crippen LogP contribution in [0, 0.1) is 32.4 Å². The van der Waals surface area contributed by atoms with Gasteiger partial charge in [-0.05, 0) is 61.7 Å². The van der Waals surface area contributed by atoms with Gasteiger partial charge in [-0.15, -0.1) is 0 Å². The summed E-state index contributed by atoms with van der Waals surface area (Å²) in [6.07, 6.45) is 3.11. The number of methoxy groups -OCH3 is 1. The Kier molecular flexibility index (Phi) is 9.13. The van der Waals surface area contributed by atoms with Gasteiger partial charge in [0.15, 0.2) is 11.6 Å². The molecule has 0 saturated heterocycles. The second-order valence-corrected chi connectivity index (χ2v) is 11.4. The average Bonchev–Trinajstić information content (AvgIpc) is 2.80. The highest BCUT2D eigenvalue weighted by Gasteiger charge is 2.12. The van der Waals surface area contributed by atoms with Crippen molar-refractivity contribution in [3.63, 3.8) is 0 Å². The highest BCUT2D eigenvalue weighted by molar-refractivity contribution is 7.85. The Bertz CT molecular complexity index is 1610. The predicted molar refractivity (Wildman–Crippen MR) is 139 cm³/mol. The number of benzene rings is 3. The Morgan fingerprint density at radius 1 is 1.00 bits per heavy atom. The zero-order valence-electron chi connectivity index (χ0n) is 21.4. The fraction of sp³-hybridized carbons (Fsp3) is 0.231. The summed E-state index contributed by atoms with van der Waals surface area (Å²) in [7, 11) is -3.51. The number of rotatable bonds is 6. The number of aromatic nitrogens is 2. The normalized spacial score (nSPS) is 12.0. The number of halogens is 2. The molecule has 0 aliphatic carbocycles. The summed E-state index contributed by atoms with van der Waals surface area (Å²) >= 11 is 0. The van der Waals surface area contributed by atoms with E-state index in [0.717, 1.165) is 5.56 Å². The molecule has 202 valence electrons. The van der Waals surface area contributed by atoms with E-state index in [2.05, 4.69) is 9.97 Å². The Morgan fingerprint density at radius 3 is 2.24 bits per heavy atom. The van der Waals surface area contributed by atoms with Gasteiger partial charge in [0, 0.05) is 12.3 Å². The van der Waals surface area contributed by atoms with E-state index in [1.165, 1.54) is 37.7 Å². The van der Waals surface area contributed by atoms with Gasteiger partial charge in [-0.1, -0.05) is 17.7 Å². The minimum atomic E-state index is -4.33. The summed E-state index contributed by atoms with van der Waals surface area (Å²) in [4.78, 5) is 8.74. The van der Waals surface area contributed by atoms with E-state index in [-0.39, 0.29) is 28.9 Å². The number of hydrogen-bond donors (Lipinski definition) is 1. The maximum Gasteiger partial charge on any atom is 0.224 e. The third-order valence-electron chi connectivity index (χ3n) is 5.41. The van der Waals surface area contributed by atoms with Gasteiger partial charge in [0.1, 0.15) is 28.9 Å². The molecule has 1 unspecified atom stereocenters. The highest BCUT2D eigenvalue weighted by Crippen LogP contribution is 2.28. The summed E-state index contributed by atoms with van der Waals surface area (Å²) in [5.41, 5.74) is 3.10. The monoisotopic (exact) mass is 563 g/mol. The molecule has 1 heterocycles. The average molecular weight is 564 g/mol. The lowest BCUT2D eigenvalue weighted by Gasteiger charge is -2.14. The Labute approximate surface area is 222 Å². The minimum absolute atomic E-state index is 0.0712. The van der Waals surface area contributed by atoms with E-state index < -0.39 is 26.6 Å². The fourth-order valence-corrected chi connectivity index (χ4v) is 5.45. The Hall–Kier alpha value is -3.48. The quantitative estimate of drug-likeness (QED) is 0.356. The van der Waals surface area contributed by atoms with Crippen LogP contribution in [0.4, 0.5) is 8.78 Å². The SMILES string of the molecule is COc1cc2ncnc(OCc3cc(F)cc(S(C)=[NH2+])c3)c2cc1F.Cc1cc(C)c(S(=O)(=O)[O-])c(C)c1. The van der Waals surface area contributed by atoms with Crippen molar-refractivity contribution in [2.75, 3.05) is 13.4 Å². The first-order valence-electron chi connectivity index (χ1n) is 11.1. The van der Waals surface area contributed by atoms with Gasteiger partial charge in [0.2, 0.25) is 5.88 Å². The lowest BCUT2D eigenvalue weighted by Crippen LogP contribution is -2.33. The highest BCUT2D eigenvalue weighted by atomic mass is 32.2. The van der Waals surface area contributed by atoms with Gasteiger partial charge >= 0.3 is 0 Å². The molecule has 4 rings (SSSR count). The van der Waals surface area contributed by atoms with Crippen LogP contribution in [0.15, 0.2) is 58.6 Å². The fourth-order valence-electron chi connectivity index (χ4n) is 3.91. The molecule has 12 heteroatoms. The number of nitrogens with zero attached hydrogens (tertiary/aromatic N) is 2. The van der Waals surface area contributed by atoms with Crippen LogP contribution < -0.4 is 14.3 Å². The topological polar surface area (TPSA) is 127 Å². The number of fused-ring (bicyclic) bond motifs is 1. The van der Waals surface area contributed by atoms with Crippen LogP contribution >= 0.6 is 0 Å². The van der Waals surface area contributed by atoms with Crippen LogP contribution in [-0.4, -0.2) is 36.3 Å². The minimum Gasteiger partial charge on any atom is -0.744 e. The molecule has 0 spiro atoms. The second-order valence-electron chi connectivity index (χ2n) is 8.51. The van der Waals surface area contributed by atoms with E-state index in [9.17, 15) is 21.8 Å². The third-order valence-corrected chi connectivity index (χ3v) is 7.53. The van der Waals surface area contributed by atoms with E-state index in [4.69, 9.17) is 14.3 Å². The predicted octanol–water partition coefficient (Wildman–Crippen LogP) is 3.56. The van der Waals surface area contributed by atoms with E-state index in [0.29, 0.717) is 32.5 Å². The van der Waals surface area contributed by atoms with Gasteiger partial charge in [0.05, 0.1) is 38.5 Å². The first-order chi connectivity index (χ1) is 17.8. The molecule has 0 bridgehead atoms. The molecule has 0 amide bonds. The molecular formula is C26H27F2N3O5S2. The molecule has 3 aromatic carbocycles. The molecule has 0 radical (unpaired) electrons. The number of ether oxygens (including phenoxy) is 2. The van der Waals surface area contributed by atoms with Crippen molar-refractivity contribution < 1.29 is 36.0 Å². The van der Waals surface area contributed by atoms with Crippen molar-refractivity contribution in [1.29, 1.82) is 0 Å². The second kappa shape index (κ2) is 11.9. The molecule has 1 atom stereocenters. The van der Waals surface area contributed by atoms with Crippen molar-refractivity contribution in [1.82, 2.24) is 9.97 Å². The number of nitrogens with two attached hydrogens (primary N) is 1. The summed E-state index contributed by atoms with van der Waals surface area (Å²) in [6.45, 7) is 5.19. The van der Waals surface area contributed by atoms with Crippen LogP contribution in [0.2, 0.25) is 0 Å². The van der Waals surface area contributed by atoms with Gasteiger partial charge in [0.25, 0.3) is 0 Å². The summed E-state index contributed by atoms with van der Waals surface area (Å²) in [5.74, 6) is -0.629. The molecule has 0 saturated carbocycles. The van der Waals surface area contributed by atoms with Crippen molar-refractivity contribution in [3.8, 4) is 11.6 Å². The largest absolute Gasteiger partial charge is 0.744 e. The molecule has 0 aliphatic heterocycles. The third kappa shape index (κ3) is 7.09. The molecule has 2 N–H and O–H groups in total. The molecular weight excluding hydrogens is 536 g/mol. The van der Waals surface area contributed by atoms with Crippen LogP contribution in [0.3, 0.4) is 0 Å². The van der Waals surface area contributed by atoms with Crippen LogP contribution in [0.25, 0.3) is 10.9 Å². The lowest BCUT2D eigenvalue weighted by molar-refractivity contribution is -0.0750. The molecule has 1 aromatic heterocycles. The van der Waals surface area contributed by atoms with Crippen molar-refractivity contribution in [3.05, 3.63) is 82.7 Å². The maximum atomic E-state index is 14.0. The van der Waals surface area contributed by atoms with Crippen LogP contribution in [0.1, 0.15) is 22.3 Å². The van der Waals surface area contributed by atoms with Crippen LogP contribution in [0.5, 0.6) is 11.6 Å². The van der Waals surface area contributed by atoms with Crippen molar-refractivity contribution in [2.45, 2.75) is 37.2 Å². The number of hydrogen-bond acceptors (Lipinski definition) is 7. The first kappa shape index (κ1) is 29.1. The van der Waals surface area contributed by atoms with E-state index in [1.54, 1.807) is 38.3 Å². The summed E-state index contributed by atoms with van der Waals surface area (Å²) in [6, 6.07) is 10.6. The summed E-state index contributed by atoms with van der Waals surface area (Å²) < 4.78 is 76.6. The van der Waals surface area contributed by atoms with Crippen LogP contribution in [-0.2, 0) is 27.4 Å². The van der Waals surface area contributed by atoms with Crippen molar-refractivity contribution >= 4 is 31.7 Å². The Morgan fingerprint density at radius 2 is 1.66 bits per heavy atom. The maximum absolute atomic E-state index is 14.0. The van der Waals surface area contributed by atoms with Gasteiger partial charge in [-0.2, -0.15) is 0 Å². The smallest absolute Gasteiger partial charge is 0.224 e. The molecule has 38 heavy (non-hydrogen) atoms. The molecule has 0 aliphatic rings. The zero-order chi connectivity index (χ0) is 28.2. The van der Waals surface area contributed by atoms with Crippen molar-refractivity contribution in [2.24, 2.45) is 0 Å². The van der Waals surface area contributed by atoms with Gasteiger partial charge in [-0.3, -0.25) is 0 Å². The van der Waals surface area contributed by atoms with E-state index >= 15 is 0 Å². The lowest BCUT2D eigenvalue weighted by atomic mass is 10.1. The molecule has 8 nitrogen and oxygen atoms in total. The molecule has 4 aromatic rings. The zero-order valence-corrected chi connectivity index (χ0v) is 23.0. The Balaban J connectivity index is 0.000000260. The van der Waals surface area contributed by atoms with Gasteiger partial charge < -0.3 is 14.0 Å². The van der Waals surface area contributed by atoms with Gasteiger partial charge in [-0.25, -0.2) is 31.9 Å². The molecule has 0 fully saturated rings. The standard InChI is InChI=1S/C17H15F2N3O2S.C9H12O3S/c1-23-16-7-15-13(6-14(16)19)17(22-9-21-15)24-8-10-3-11(18)5-12(4-10)25(2)20;1-6-4-7(2)9(8(3)5-6)13(10,11)12/h3-7,9,20H,8H2,1-2H3;4-5H,1-3H3,(H,10,11,12). The number of aryl methyl sites for hydroxylation is 3. The first-order valence-corrected chi connectivity index (χ1v) is 14.2. The van der Waals surface area contributed by atoms with E-state index in [1.807, 2.05) is 6.92 Å². The summed E-state index contributed by atoms with van der Waals surface area (Å²) in [5, 5.41) is 0.409.